The largest absolute Gasteiger partial charge is 0.313 e. The Morgan fingerprint density at radius 1 is 1.22 bits per heavy atom. The fraction of sp³-hybridized carbons (Fsp3) is 0.412. The monoisotopic (exact) mass is 380 g/mol. The zero-order chi connectivity index (χ0) is 16.4. The van der Waals surface area contributed by atoms with Crippen LogP contribution < -0.4 is 4.90 Å². The van der Waals surface area contributed by atoms with Gasteiger partial charge in [0, 0.05) is 35.3 Å². The maximum Gasteiger partial charge on any atom is 0.248 e. The average molecular weight is 381 g/mol. The average Bonchev–Trinajstić information content (AvgIpc) is 2.73. The van der Waals surface area contributed by atoms with Crippen LogP contribution in [-0.2, 0) is 10.2 Å². The van der Waals surface area contributed by atoms with Crippen LogP contribution in [0.2, 0.25) is 0 Å². The van der Waals surface area contributed by atoms with Gasteiger partial charge in [0.25, 0.3) is 0 Å². The topological polar surface area (TPSA) is 33.2 Å². The van der Waals surface area contributed by atoms with Gasteiger partial charge in [-0.25, -0.2) is 8.78 Å². The van der Waals surface area contributed by atoms with Crippen molar-refractivity contribution in [2.45, 2.75) is 37.0 Å². The molecule has 2 heterocycles. The van der Waals surface area contributed by atoms with Crippen LogP contribution in [0.5, 0.6) is 0 Å². The van der Waals surface area contributed by atoms with Crippen molar-refractivity contribution in [1.82, 2.24) is 4.98 Å². The van der Waals surface area contributed by atoms with Gasteiger partial charge in [0.2, 0.25) is 11.8 Å². The molecule has 1 aromatic heterocycles. The Kier molecular flexibility index (Phi) is 3.08. The van der Waals surface area contributed by atoms with E-state index >= 15 is 0 Å². The fourth-order valence-corrected chi connectivity index (χ4v) is 4.32. The molecule has 0 atom stereocenters. The number of rotatable bonds is 0. The highest BCUT2D eigenvalue weighted by Gasteiger charge is 2.55. The first kappa shape index (κ1) is 15.0. The summed E-state index contributed by atoms with van der Waals surface area (Å²) >= 11 is 3.46. The predicted molar refractivity (Wildman–Crippen MR) is 87.9 cm³/mol. The Morgan fingerprint density at radius 3 is 2.61 bits per heavy atom. The number of anilines is 1. The van der Waals surface area contributed by atoms with E-state index in [2.05, 4.69) is 20.9 Å². The molecule has 1 amide bonds. The number of amides is 1. The minimum absolute atomic E-state index is 0.0859. The second kappa shape index (κ2) is 4.72. The summed E-state index contributed by atoms with van der Waals surface area (Å²) in [6.07, 6.45) is 1.56. The van der Waals surface area contributed by atoms with Gasteiger partial charge in [-0.1, -0.05) is 15.9 Å². The number of hydrogen-bond acceptors (Lipinski definition) is 2. The SMILES string of the molecule is CN1C(=O)C2(CCC(F)(F)CC2)c2c1cnc1ccc(Br)cc21. The number of likely N-dealkylation sites (N-methyl/N-ethyl adjacent to an activating group) is 1. The Bertz CT molecular complexity index is 827. The highest BCUT2D eigenvalue weighted by molar-refractivity contribution is 9.10. The van der Waals surface area contributed by atoms with Crippen molar-refractivity contribution >= 4 is 38.4 Å². The van der Waals surface area contributed by atoms with Crippen LogP contribution in [0.25, 0.3) is 10.9 Å². The van der Waals surface area contributed by atoms with Crippen molar-refractivity contribution in [3.8, 4) is 0 Å². The third kappa shape index (κ3) is 2.04. The molecule has 6 heteroatoms. The molecule has 1 aliphatic heterocycles. The van der Waals surface area contributed by atoms with E-state index in [9.17, 15) is 13.6 Å². The van der Waals surface area contributed by atoms with Gasteiger partial charge in [-0.15, -0.1) is 0 Å². The van der Waals surface area contributed by atoms with Crippen LogP contribution in [0, 0.1) is 0 Å². The van der Waals surface area contributed by atoms with Crippen molar-refractivity contribution in [2.24, 2.45) is 0 Å². The normalized spacial score (nSPS) is 21.9. The second-order valence-electron chi connectivity index (χ2n) is 6.48. The minimum Gasteiger partial charge on any atom is -0.313 e. The molecule has 1 aliphatic carbocycles. The molecule has 1 aromatic carbocycles. The van der Waals surface area contributed by atoms with E-state index in [4.69, 9.17) is 0 Å². The number of pyridine rings is 1. The molecular formula is C17H15BrF2N2O. The maximum absolute atomic E-state index is 13.7. The molecular weight excluding hydrogens is 366 g/mol. The smallest absolute Gasteiger partial charge is 0.248 e. The molecule has 1 spiro atoms. The lowest BCUT2D eigenvalue weighted by Crippen LogP contribution is -2.44. The third-order valence-electron chi connectivity index (χ3n) is 5.20. The Balaban J connectivity index is 1.98. The quantitative estimate of drug-likeness (QED) is 0.677. The molecule has 3 nitrogen and oxygen atoms in total. The Hall–Kier alpha value is -1.56. The van der Waals surface area contributed by atoms with Gasteiger partial charge in [-0.3, -0.25) is 9.78 Å². The van der Waals surface area contributed by atoms with E-state index in [1.807, 2.05) is 18.2 Å². The van der Waals surface area contributed by atoms with Crippen LogP contribution in [0.4, 0.5) is 14.5 Å². The van der Waals surface area contributed by atoms with Crippen molar-refractivity contribution in [3.63, 3.8) is 0 Å². The van der Waals surface area contributed by atoms with Gasteiger partial charge in [0.15, 0.2) is 0 Å². The number of carbonyl (C=O) groups excluding carboxylic acids is 1. The van der Waals surface area contributed by atoms with Crippen LogP contribution in [-0.4, -0.2) is 23.9 Å². The molecule has 0 unspecified atom stereocenters. The number of fused-ring (bicyclic) bond motifs is 4. The molecule has 0 saturated heterocycles. The van der Waals surface area contributed by atoms with Crippen molar-refractivity contribution in [3.05, 3.63) is 34.4 Å². The predicted octanol–water partition coefficient (Wildman–Crippen LogP) is 4.42. The molecule has 120 valence electrons. The lowest BCUT2D eigenvalue weighted by molar-refractivity contribution is -0.127. The highest BCUT2D eigenvalue weighted by Crippen LogP contribution is 2.54. The van der Waals surface area contributed by atoms with Crippen LogP contribution in [0.3, 0.4) is 0 Å². The first-order chi connectivity index (χ1) is 10.8. The van der Waals surface area contributed by atoms with Gasteiger partial charge < -0.3 is 4.90 Å². The molecule has 2 aromatic rings. The van der Waals surface area contributed by atoms with Gasteiger partial charge in [0.1, 0.15) is 0 Å². The van der Waals surface area contributed by atoms with E-state index in [-0.39, 0.29) is 31.6 Å². The van der Waals surface area contributed by atoms with Crippen LogP contribution in [0.1, 0.15) is 31.2 Å². The number of nitrogens with zero attached hydrogens (tertiary/aromatic N) is 2. The number of benzene rings is 1. The molecule has 2 aliphatic rings. The summed E-state index contributed by atoms with van der Waals surface area (Å²) in [7, 11) is 1.70. The third-order valence-corrected chi connectivity index (χ3v) is 5.69. The summed E-state index contributed by atoms with van der Waals surface area (Å²) in [6, 6.07) is 5.71. The first-order valence-electron chi connectivity index (χ1n) is 7.59. The zero-order valence-electron chi connectivity index (χ0n) is 12.6. The van der Waals surface area contributed by atoms with Gasteiger partial charge in [-0.2, -0.15) is 0 Å². The molecule has 0 N–H and O–H groups in total. The van der Waals surface area contributed by atoms with Gasteiger partial charge in [0.05, 0.1) is 22.8 Å². The van der Waals surface area contributed by atoms with Gasteiger partial charge in [-0.05, 0) is 31.0 Å². The molecule has 23 heavy (non-hydrogen) atoms. The number of halogens is 3. The van der Waals surface area contributed by atoms with Crippen molar-refractivity contribution in [1.29, 1.82) is 0 Å². The summed E-state index contributed by atoms with van der Waals surface area (Å²) in [5.41, 5.74) is 1.55. The van der Waals surface area contributed by atoms with Crippen molar-refractivity contribution < 1.29 is 13.6 Å². The number of hydrogen-bond donors (Lipinski definition) is 0. The van der Waals surface area contributed by atoms with E-state index < -0.39 is 11.3 Å². The molecule has 1 saturated carbocycles. The first-order valence-corrected chi connectivity index (χ1v) is 8.38. The molecule has 1 fully saturated rings. The van der Waals surface area contributed by atoms with E-state index in [0.29, 0.717) is 0 Å². The molecule has 4 rings (SSSR count). The standard InChI is InChI=1S/C17H15BrF2N2O/c1-22-13-9-21-12-3-2-10(18)8-11(12)14(13)16(15(22)23)4-6-17(19,20)7-5-16/h2-3,8-9H,4-7H2,1H3. The summed E-state index contributed by atoms with van der Waals surface area (Å²) in [5, 5.41) is 0.875. The Labute approximate surface area is 140 Å². The van der Waals surface area contributed by atoms with Crippen LogP contribution in [0.15, 0.2) is 28.9 Å². The number of aromatic nitrogens is 1. The summed E-state index contributed by atoms with van der Waals surface area (Å²) in [6.45, 7) is 0. The van der Waals surface area contributed by atoms with Crippen LogP contribution >= 0.6 is 15.9 Å². The molecule has 0 bridgehead atoms. The lowest BCUT2D eigenvalue weighted by atomic mass is 9.68. The van der Waals surface area contributed by atoms with Crippen molar-refractivity contribution in [2.75, 3.05) is 11.9 Å². The van der Waals surface area contributed by atoms with E-state index in [0.717, 1.165) is 26.6 Å². The number of alkyl halides is 2. The maximum atomic E-state index is 13.7. The van der Waals surface area contributed by atoms with Gasteiger partial charge >= 0.3 is 0 Å². The van der Waals surface area contributed by atoms with E-state index in [1.165, 1.54) is 0 Å². The number of carbonyl (C=O) groups is 1. The molecule has 0 radical (unpaired) electrons. The second-order valence-corrected chi connectivity index (χ2v) is 7.40. The van der Waals surface area contributed by atoms with E-state index in [1.54, 1.807) is 18.1 Å². The summed E-state index contributed by atoms with van der Waals surface area (Å²) in [4.78, 5) is 18.9. The zero-order valence-corrected chi connectivity index (χ0v) is 14.2. The Morgan fingerprint density at radius 2 is 1.91 bits per heavy atom. The summed E-state index contributed by atoms with van der Waals surface area (Å²) < 4.78 is 28.2. The fourth-order valence-electron chi connectivity index (χ4n) is 3.96. The minimum atomic E-state index is -2.67. The lowest BCUT2D eigenvalue weighted by Gasteiger charge is -2.36. The highest BCUT2D eigenvalue weighted by atomic mass is 79.9. The summed E-state index contributed by atoms with van der Waals surface area (Å²) in [5.74, 6) is -2.76.